The monoisotopic (exact) mass is 312 g/mol. The molecule has 5 heteroatoms. The molecule has 1 amide bonds. The first-order valence-corrected chi connectivity index (χ1v) is 7.37. The van der Waals surface area contributed by atoms with Gasteiger partial charge in [-0.15, -0.1) is 0 Å². The third kappa shape index (κ3) is 5.14. The van der Waals surface area contributed by atoms with Gasteiger partial charge in [-0.2, -0.15) is 0 Å². The molecule has 0 heterocycles. The van der Waals surface area contributed by atoms with E-state index in [1.807, 2.05) is 24.3 Å². The second-order valence-electron chi connectivity index (χ2n) is 5.09. The Kier molecular flexibility index (Phi) is 5.74. The Morgan fingerprint density at radius 3 is 2.43 bits per heavy atom. The van der Waals surface area contributed by atoms with Crippen molar-refractivity contribution in [3.8, 4) is 5.75 Å². The van der Waals surface area contributed by atoms with Gasteiger partial charge >= 0.3 is 0 Å². The quantitative estimate of drug-likeness (QED) is 0.770. The SMILES string of the molecule is COc1cccc(NCCC(=O)Nc2ccc(C(C)=O)cc2)c1. The van der Waals surface area contributed by atoms with Crippen LogP contribution in [0.1, 0.15) is 23.7 Å². The van der Waals surface area contributed by atoms with Crippen molar-refractivity contribution in [2.45, 2.75) is 13.3 Å². The molecule has 0 spiro atoms. The Labute approximate surface area is 135 Å². The lowest BCUT2D eigenvalue weighted by atomic mass is 10.1. The molecule has 0 unspecified atom stereocenters. The third-order valence-corrected chi connectivity index (χ3v) is 3.33. The zero-order valence-electron chi connectivity index (χ0n) is 13.3. The number of nitrogens with one attached hydrogen (secondary N) is 2. The van der Waals surface area contributed by atoms with Crippen molar-refractivity contribution in [3.63, 3.8) is 0 Å². The average Bonchev–Trinajstić information content (AvgIpc) is 2.55. The molecule has 0 fully saturated rings. The summed E-state index contributed by atoms with van der Waals surface area (Å²) in [6.07, 6.45) is 0.339. The molecule has 23 heavy (non-hydrogen) atoms. The first-order chi connectivity index (χ1) is 11.1. The highest BCUT2D eigenvalue weighted by Crippen LogP contribution is 2.16. The summed E-state index contributed by atoms with van der Waals surface area (Å²) >= 11 is 0. The van der Waals surface area contributed by atoms with Gasteiger partial charge in [0.05, 0.1) is 7.11 Å². The van der Waals surface area contributed by atoms with Gasteiger partial charge in [-0.3, -0.25) is 9.59 Å². The molecule has 0 saturated heterocycles. The molecule has 0 aromatic heterocycles. The largest absolute Gasteiger partial charge is 0.497 e. The van der Waals surface area contributed by atoms with Gasteiger partial charge in [0.2, 0.25) is 5.91 Å². The van der Waals surface area contributed by atoms with Gasteiger partial charge in [0.1, 0.15) is 5.75 Å². The van der Waals surface area contributed by atoms with Gasteiger partial charge in [-0.25, -0.2) is 0 Å². The first-order valence-electron chi connectivity index (χ1n) is 7.37. The standard InChI is InChI=1S/C18H20N2O3/c1-13(21)14-6-8-15(9-7-14)20-18(22)10-11-19-16-4-3-5-17(12-16)23-2/h3-9,12,19H,10-11H2,1-2H3,(H,20,22). The van der Waals surface area contributed by atoms with Gasteiger partial charge in [-0.1, -0.05) is 6.07 Å². The highest BCUT2D eigenvalue weighted by atomic mass is 16.5. The fraction of sp³-hybridized carbons (Fsp3) is 0.222. The fourth-order valence-electron chi connectivity index (χ4n) is 2.07. The van der Waals surface area contributed by atoms with Crippen LogP contribution < -0.4 is 15.4 Å². The molecule has 0 aliphatic rings. The molecule has 0 aliphatic carbocycles. The zero-order chi connectivity index (χ0) is 16.7. The molecular formula is C18H20N2O3. The van der Waals surface area contributed by atoms with E-state index in [0.717, 1.165) is 11.4 Å². The molecule has 0 aliphatic heterocycles. The molecule has 2 rings (SSSR count). The summed E-state index contributed by atoms with van der Waals surface area (Å²) < 4.78 is 5.14. The van der Waals surface area contributed by atoms with E-state index >= 15 is 0 Å². The first kappa shape index (κ1) is 16.5. The van der Waals surface area contributed by atoms with Crippen LogP contribution in [0, 0.1) is 0 Å². The number of hydrogen-bond donors (Lipinski definition) is 2. The van der Waals surface area contributed by atoms with E-state index in [-0.39, 0.29) is 11.7 Å². The molecule has 0 atom stereocenters. The number of hydrogen-bond acceptors (Lipinski definition) is 4. The van der Waals surface area contributed by atoms with E-state index in [0.29, 0.717) is 24.2 Å². The van der Waals surface area contributed by atoms with Crippen molar-refractivity contribution in [2.24, 2.45) is 0 Å². The van der Waals surface area contributed by atoms with Crippen molar-refractivity contribution in [1.82, 2.24) is 0 Å². The molecule has 0 radical (unpaired) electrons. The van der Waals surface area contributed by atoms with E-state index in [1.165, 1.54) is 6.92 Å². The number of benzene rings is 2. The smallest absolute Gasteiger partial charge is 0.226 e. The van der Waals surface area contributed by atoms with Gasteiger partial charge < -0.3 is 15.4 Å². The number of Topliss-reactive ketones (excluding diaryl/α,β-unsaturated/α-hetero) is 1. The summed E-state index contributed by atoms with van der Waals surface area (Å²) in [5.74, 6) is 0.686. The number of ketones is 1. The summed E-state index contributed by atoms with van der Waals surface area (Å²) in [5.41, 5.74) is 2.21. The molecule has 2 aromatic rings. The zero-order valence-corrected chi connectivity index (χ0v) is 13.3. The van der Waals surface area contributed by atoms with Gasteiger partial charge in [-0.05, 0) is 43.3 Å². The number of carbonyl (C=O) groups is 2. The van der Waals surface area contributed by atoms with Gasteiger partial charge in [0.15, 0.2) is 5.78 Å². The van der Waals surface area contributed by atoms with Gasteiger partial charge in [0.25, 0.3) is 0 Å². The lowest BCUT2D eigenvalue weighted by molar-refractivity contribution is -0.115. The van der Waals surface area contributed by atoms with E-state index in [4.69, 9.17) is 4.74 Å². The van der Waals surface area contributed by atoms with E-state index in [2.05, 4.69) is 10.6 Å². The third-order valence-electron chi connectivity index (χ3n) is 3.33. The number of rotatable bonds is 7. The Hall–Kier alpha value is -2.82. The second-order valence-corrected chi connectivity index (χ2v) is 5.09. The normalized spacial score (nSPS) is 10.0. The van der Waals surface area contributed by atoms with Crippen molar-refractivity contribution in [3.05, 3.63) is 54.1 Å². The van der Waals surface area contributed by atoms with Crippen LogP contribution in [0.2, 0.25) is 0 Å². The maximum Gasteiger partial charge on any atom is 0.226 e. The second kappa shape index (κ2) is 7.98. The lowest BCUT2D eigenvalue weighted by Gasteiger charge is -2.09. The van der Waals surface area contributed by atoms with E-state index < -0.39 is 0 Å². The molecule has 2 N–H and O–H groups in total. The van der Waals surface area contributed by atoms with Crippen LogP contribution in [0.3, 0.4) is 0 Å². The predicted octanol–water partition coefficient (Wildman–Crippen LogP) is 3.34. The van der Waals surface area contributed by atoms with Crippen molar-refractivity contribution >= 4 is 23.1 Å². The average molecular weight is 312 g/mol. The van der Waals surface area contributed by atoms with Crippen molar-refractivity contribution < 1.29 is 14.3 Å². The molecular weight excluding hydrogens is 292 g/mol. The summed E-state index contributed by atoms with van der Waals surface area (Å²) in [6, 6.07) is 14.4. The highest BCUT2D eigenvalue weighted by molar-refractivity contribution is 5.95. The predicted molar refractivity (Wildman–Crippen MR) is 91.2 cm³/mol. The number of carbonyl (C=O) groups excluding carboxylic acids is 2. The lowest BCUT2D eigenvalue weighted by Crippen LogP contribution is -2.16. The summed E-state index contributed by atoms with van der Waals surface area (Å²) in [7, 11) is 1.62. The van der Waals surface area contributed by atoms with Crippen LogP contribution in [-0.4, -0.2) is 25.3 Å². The number of methoxy groups -OCH3 is 1. The van der Waals surface area contributed by atoms with Crippen molar-refractivity contribution in [1.29, 1.82) is 0 Å². The minimum absolute atomic E-state index is 0.00497. The van der Waals surface area contributed by atoms with E-state index in [1.54, 1.807) is 31.4 Å². The number of ether oxygens (including phenoxy) is 1. The Bertz CT molecular complexity index is 681. The van der Waals surface area contributed by atoms with E-state index in [9.17, 15) is 9.59 Å². The van der Waals surface area contributed by atoms with Crippen LogP contribution >= 0.6 is 0 Å². The molecule has 2 aromatic carbocycles. The summed E-state index contributed by atoms with van der Waals surface area (Å²) in [6.45, 7) is 2.03. The van der Waals surface area contributed by atoms with Gasteiger partial charge in [0, 0.05) is 36.0 Å². The summed E-state index contributed by atoms with van der Waals surface area (Å²) in [5, 5.41) is 5.98. The van der Waals surface area contributed by atoms with Crippen molar-refractivity contribution in [2.75, 3.05) is 24.3 Å². The summed E-state index contributed by atoms with van der Waals surface area (Å²) in [4.78, 5) is 23.1. The molecule has 120 valence electrons. The fourth-order valence-corrected chi connectivity index (χ4v) is 2.07. The van der Waals surface area contributed by atoms with Crippen LogP contribution in [-0.2, 0) is 4.79 Å². The molecule has 5 nitrogen and oxygen atoms in total. The van der Waals surface area contributed by atoms with Crippen LogP contribution in [0.25, 0.3) is 0 Å². The maximum atomic E-state index is 11.9. The highest BCUT2D eigenvalue weighted by Gasteiger charge is 2.04. The Morgan fingerprint density at radius 2 is 1.78 bits per heavy atom. The molecule has 0 bridgehead atoms. The van der Waals surface area contributed by atoms with Crippen LogP contribution in [0.5, 0.6) is 5.75 Å². The maximum absolute atomic E-state index is 11.9. The topological polar surface area (TPSA) is 67.4 Å². The minimum atomic E-state index is -0.0871. The number of amides is 1. The number of anilines is 2. The Balaban J connectivity index is 1.79. The Morgan fingerprint density at radius 1 is 1.04 bits per heavy atom. The van der Waals surface area contributed by atoms with Crippen LogP contribution in [0.15, 0.2) is 48.5 Å². The minimum Gasteiger partial charge on any atom is -0.497 e. The molecule has 0 saturated carbocycles. The van der Waals surface area contributed by atoms with Crippen LogP contribution in [0.4, 0.5) is 11.4 Å².